The fourth-order valence-electron chi connectivity index (χ4n) is 7.04. The minimum atomic E-state index is -3.22. The number of para-hydroxylation sites is 1. The van der Waals surface area contributed by atoms with Crippen molar-refractivity contribution in [2.24, 2.45) is 0 Å². The maximum absolute atomic E-state index is 10.2. The average molecular weight is 831 g/mol. The zero-order valence-corrected chi connectivity index (χ0v) is 33.2. The third kappa shape index (κ3) is 8.80. The van der Waals surface area contributed by atoms with Crippen LogP contribution in [0.1, 0.15) is 63.6 Å². The number of hydrogen-bond acceptors (Lipinski definition) is 5. The number of nitrogens with zero attached hydrogens (tertiary/aromatic N) is 4. The fourth-order valence-corrected chi connectivity index (χ4v) is 7.04. The Morgan fingerprint density at radius 1 is 0.476 bits per heavy atom. The third-order valence-corrected chi connectivity index (χ3v) is 10.1. The number of benzene rings is 6. The van der Waals surface area contributed by atoms with Crippen molar-refractivity contribution < 1.29 is 29.1 Å². The van der Waals surface area contributed by atoms with Crippen LogP contribution in [0.4, 0.5) is 0 Å². The molecule has 0 fully saturated rings. The number of nitriles is 1. The molecule has 0 aliphatic rings. The maximum atomic E-state index is 10.2. The van der Waals surface area contributed by atoms with Gasteiger partial charge in [-0.15, -0.1) is 0 Å². The van der Waals surface area contributed by atoms with Crippen molar-refractivity contribution in [2.45, 2.75) is 38.2 Å². The minimum absolute atomic E-state index is 0.0574. The summed E-state index contributed by atoms with van der Waals surface area (Å²) in [4.78, 5) is 13.3. The molecular formula is C58H44N4O. The highest BCUT2D eigenvalue weighted by atomic mass is 16.3. The van der Waals surface area contributed by atoms with Gasteiger partial charge in [0.2, 0.25) is 0 Å². The molecule has 4 heterocycles. The van der Waals surface area contributed by atoms with Gasteiger partial charge in [0.1, 0.15) is 11.2 Å². The Labute approximate surface area is 393 Å². The van der Waals surface area contributed by atoms with E-state index in [0.29, 0.717) is 33.5 Å². The van der Waals surface area contributed by atoms with Crippen LogP contribution in [0, 0.1) is 11.3 Å². The molecule has 0 aliphatic heterocycles. The lowest BCUT2D eigenvalue weighted by Crippen LogP contribution is -2.00. The molecule has 6 aromatic carbocycles. The largest absolute Gasteiger partial charge is 0.455 e. The van der Waals surface area contributed by atoms with E-state index in [9.17, 15) is 21.7 Å². The summed E-state index contributed by atoms with van der Waals surface area (Å²) in [5.41, 5.74) is -0.452. The lowest BCUT2D eigenvalue weighted by molar-refractivity contribution is 0.669. The molecule has 0 N–H and O–H groups in total. The van der Waals surface area contributed by atoms with Crippen LogP contribution in [-0.4, -0.2) is 15.0 Å². The number of fused-ring (bicyclic) bond motifs is 3. The molecular weight excluding hydrogens is 769 g/mol. The Kier molecular flexibility index (Phi) is 6.81. The molecule has 0 aliphatic carbocycles. The molecule has 0 unspecified atom stereocenters. The third-order valence-electron chi connectivity index (χ3n) is 10.1. The summed E-state index contributed by atoms with van der Waals surface area (Å²) in [5.74, 6) is 0. The number of hydrogen-bond donors (Lipinski definition) is 0. The SMILES string of the molecule is [2H]c1c([2H])c([2H])c(-c2cc3c(oc4c(-c5ccc(C([2H])([2H])C([2H])([2H])c6cc(C([2H])([2H])C([2H])([2H])c7ccc(-c8ccccc8)nc7)cc(C([2H])([2H])C([2H])([2H])c7ccc(-c8ccccc8)nc7)c6)cn5)cccc43)c([2H])c2C#N)c([2H])c1[2H]. The van der Waals surface area contributed by atoms with Crippen molar-refractivity contribution in [3.63, 3.8) is 0 Å². The summed E-state index contributed by atoms with van der Waals surface area (Å²) >= 11 is 0. The fraction of sp³-hybridized carbons (Fsp3) is 0.103. The molecule has 0 spiro atoms. The molecule has 10 rings (SSSR count). The number of aromatic nitrogens is 3. The van der Waals surface area contributed by atoms with Crippen LogP contribution in [0.25, 0.3) is 66.8 Å². The van der Waals surface area contributed by atoms with Gasteiger partial charge in [0.25, 0.3) is 0 Å². The lowest BCUT2D eigenvalue weighted by Gasteiger charge is -2.12. The number of pyridine rings is 3. The van der Waals surface area contributed by atoms with Crippen LogP contribution < -0.4 is 0 Å². The van der Waals surface area contributed by atoms with Crippen molar-refractivity contribution in [3.8, 4) is 51.0 Å². The van der Waals surface area contributed by atoms with Gasteiger partial charge in [-0.05, 0) is 114 Å². The molecule has 5 nitrogen and oxygen atoms in total. The normalized spacial score (nSPS) is 16.7. The summed E-state index contributed by atoms with van der Waals surface area (Å²) in [7, 11) is 0. The molecule has 0 atom stereocenters. The standard InChI is InChI=1S/C58H44N4O/c59-36-49-34-57-53(35-52(49)46-11-4-1-5-12-46)50-17-10-18-51(58(50)63-57)56-30-27-42(39-62-56)21-24-45-32-43(22-19-40-25-28-54(60-37-40)47-13-6-2-7-14-47)31-44(33-45)23-20-41-26-29-55(61-38-41)48-15-8-3-9-16-48/h1-18,25-35,37-39H,19-24H2/i1D,4D,5D,11D,12D,19D2,20D2,21D2,22D2,23D2,24D2,34D. The van der Waals surface area contributed by atoms with Crippen molar-refractivity contribution in [1.82, 2.24) is 15.0 Å². The van der Waals surface area contributed by atoms with E-state index >= 15 is 0 Å². The van der Waals surface area contributed by atoms with Crippen LogP contribution in [0.5, 0.6) is 0 Å². The highest BCUT2D eigenvalue weighted by Crippen LogP contribution is 2.38. The Morgan fingerprint density at radius 3 is 1.48 bits per heavy atom. The molecule has 5 heteroatoms. The predicted octanol–water partition coefficient (Wildman–Crippen LogP) is 13.7. The molecule has 0 saturated heterocycles. The Balaban J connectivity index is 1.05. The molecule has 302 valence electrons. The maximum Gasteiger partial charge on any atom is 0.144 e. The zero-order valence-electron chi connectivity index (χ0n) is 51.2. The average Bonchev–Trinajstić information content (AvgIpc) is 4.04. The van der Waals surface area contributed by atoms with E-state index in [2.05, 4.69) is 15.0 Å². The van der Waals surface area contributed by atoms with Gasteiger partial charge in [0.15, 0.2) is 0 Å². The summed E-state index contributed by atoms with van der Waals surface area (Å²) < 4.78 is 170. The molecule has 10 aromatic rings. The molecule has 0 bridgehead atoms. The Hall–Kier alpha value is -7.94. The van der Waals surface area contributed by atoms with E-state index in [4.69, 9.17) is 12.6 Å². The number of furan rings is 1. The van der Waals surface area contributed by atoms with E-state index in [1.54, 1.807) is 66.7 Å². The Morgan fingerprint density at radius 2 is 0.984 bits per heavy atom. The summed E-state index contributed by atoms with van der Waals surface area (Å²) in [5, 5.41) is 10.9. The van der Waals surface area contributed by atoms with E-state index in [-0.39, 0.29) is 55.6 Å². The minimum Gasteiger partial charge on any atom is -0.455 e. The second-order valence-electron chi connectivity index (χ2n) is 14.3. The van der Waals surface area contributed by atoms with Gasteiger partial charge in [0, 0.05) is 68.1 Å². The van der Waals surface area contributed by atoms with Crippen molar-refractivity contribution in [3.05, 3.63) is 233 Å². The smallest absolute Gasteiger partial charge is 0.144 e. The highest BCUT2D eigenvalue weighted by Gasteiger charge is 2.17. The molecule has 63 heavy (non-hydrogen) atoms. The van der Waals surface area contributed by atoms with E-state index in [0.717, 1.165) is 24.4 Å². The van der Waals surface area contributed by atoms with Gasteiger partial charge < -0.3 is 4.42 Å². The van der Waals surface area contributed by atoms with Crippen LogP contribution >= 0.6 is 0 Å². The highest BCUT2D eigenvalue weighted by molar-refractivity contribution is 6.11. The first-order valence-electron chi connectivity index (χ1n) is 28.8. The number of aryl methyl sites for hydroxylation is 6. The number of rotatable bonds is 13. The van der Waals surface area contributed by atoms with Gasteiger partial charge in [-0.2, -0.15) is 5.26 Å². The van der Waals surface area contributed by atoms with E-state index < -0.39 is 91.2 Å². The van der Waals surface area contributed by atoms with Crippen molar-refractivity contribution in [1.29, 1.82) is 5.26 Å². The molecule has 0 saturated carbocycles. The van der Waals surface area contributed by atoms with Gasteiger partial charge in [-0.3, -0.25) is 15.0 Å². The molecule has 4 aromatic heterocycles. The van der Waals surface area contributed by atoms with Crippen LogP contribution in [0.2, 0.25) is 0 Å². The van der Waals surface area contributed by atoms with Crippen LogP contribution in [-0.2, 0) is 38.2 Å². The molecule has 0 radical (unpaired) electrons. The Bertz CT molecular complexity index is 3980. The van der Waals surface area contributed by atoms with E-state index in [1.807, 2.05) is 18.2 Å². The van der Waals surface area contributed by atoms with Gasteiger partial charge in [-0.25, -0.2) is 0 Å². The van der Waals surface area contributed by atoms with Gasteiger partial charge in [0.05, 0.1) is 36.9 Å². The summed E-state index contributed by atoms with van der Waals surface area (Å²) in [6.45, 7) is 0. The quantitative estimate of drug-likeness (QED) is 0.116. The first-order valence-corrected chi connectivity index (χ1v) is 19.8. The predicted molar refractivity (Wildman–Crippen MR) is 255 cm³/mol. The zero-order chi connectivity index (χ0) is 58.4. The van der Waals surface area contributed by atoms with E-state index in [1.165, 1.54) is 54.9 Å². The van der Waals surface area contributed by atoms with Gasteiger partial charge in [-0.1, -0.05) is 139 Å². The first kappa shape index (κ1) is 23.9. The van der Waals surface area contributed by atoms with Gasteiger partial charge >= 0.3 is 0 Å². The lowest BCUT2D eigenvalue weighted by atomic mass is 9.94. The monoisotopic (exact) mass is 830 g/mol. The van der Waals surface area contributed by atoms with Crippen LogP contribution in [0.15, 0.2) is 199 Å². The first-order chi connectivity index (χ1) is 38.2. The second-order valence-corrected chi connectivity index (χ2v) is 14.3. The van der Waals surface area contributed by atoms with Crippen molar-refractivity contribution in [2.75, 3.05) is 0 Å². The van der Waals surface area contributed by atoms with Crippen molar-refractivity contribution >= 4 is 21.9 Å². The topological polar surface area (TPSA) is 75.6 Å². The summed E-state index contributed by atoms with van der Waals surface area (Å²) in [6.07, 6.45) is -15.1. The summed E-state index contributed by atoms with van der Waals surface area (Å²) in [6, 6.07) is 33.9. The molecule has 0 amide bonds. The van der Waals surface area contributed by atoms with Crippen LogP contribution in [0.3, 0.4) is 0 Å². The second kappa shape index (κ2) is 18.0.